The molecule has 0 radical (unpaired) electrons. The Morgan fingerprint density at radius 2 is 2.50 bits per heavy atom. The van der Waals surface area contributed by atoms with Gasteiger partial charge in [0.2, 0.25) is 5.91 Å². The molecule has 5 heteroatoms. The number of aromatic nitrogens is 2. The van der Waals surface area contributed by atoms with Gasteiger partial charge >= 0.3 is 0 Å². The third kappa shape index (κ3) is 2.73. The summed E-state index contributed by atoms with van der Waals surface area (Å²) in [4.78, 5) is 11.4. The predicted octanol–water partition coefficient (Wildman–Crippen LogP) is 1.23. The number of nitrogens with zero attached hydrogens (tertiary/aromatic N) is 2. The molecule has 1 N–H and O–H groups in total. The summed E-state index contributed by atoms with van der Waals surface area (Å²) < 4.78 is 1.62. The standard InChI is InChI=1S/C9H14ClN3O/c1-3-4-11-9(14)8(10)7-5-12-13(2)6-7/h5-6,8H,3-4H2,1-2H3,(H,11,14). The lowest BCUT2D eigenvalue weighted by molar-refractivity contribution is -0.120. The molecule has 0 aliphatic heterocycles. The minimum atomic E-state index is -0.643. The number of hydrogen-bond donors (Lipinski definition) is 1. The summed E-state index contributed by atoms with van der Waals surface area (Å²) in [6.45, 7) is 2.65. The zero-order valence-corrected chi connectivity index (χ0v) is 9.08. The number of carbonyl (C=O) groups is 1. The summed E-state index contributed by atoms with van der Waals surface area (Å²) in [6, 6.07) is 0. The van der Waals surface area contributed by atoms with Crippen LogP contribution in [0, 0.1) is 0 Å². The molecule has 1 heterocycles. The van der Waals surface area contributed by atoms with Crippen LogP contribution < -0.4 is 5.32 Å². The molecule has 78 valence electrons. The van der Waals surface area contributed by atoms with Gasteiger partial charge in [0.1, 0.15) is 5.38 Å². The molecule has 14 heavy (non-hydrogen) atoms. The van der Waals surface area contributed by atoms with Gasteiger partial charge in [0, 0.05) is 25.4 Å². The second-order valence-electron chi connectivity index (χ2n) is 3.10. The fourth-order valence-electron chi connectivity index (χ4n) is 1.06. The summed E-state index contributed by atoms with van der Waals surface area (Å²) in [7, 11) is 1.79. The Morgan fingerprint density at radius 1 is 1.79 bits per heavy atom. The second-order valence-corrected chi connectivity index (χ2v) is 3.54. The molecule has 0 aliphatic carbocycles. The van der Waals surface area contributed by atoms with Crippen molar-refractivity contribution in [2.75, 3.05) is 6.54 Å². The highest BCUT2D eigenvalue weighted by molar-refractivity contribution is 6.30. The molecule has 1 aromatic rings. The van der Waals surface area contributed by atoms with Gasteiger partial charge in [-0.15, -0.1) is 11.6 Å². The quantitative estimate of drug-likeness (QED) is 0.768. The van der Waals surface area contributed by atoms with E-state index in [1.54, 1.807) is 24.1 Å². The number of carbonyl (C=O) groups excluding carboxylic acids is 1. The Kier molecular flexibility index (Phi) is 3.95. The van der Waals surface area contributed by atoms with Crippen molar-refractivity contribution >= 4 is 17.5 Å². The van der Waals surface area contributed by atoms with E-state index < -0.39 is 5.38 Å². The monoisotopic (exact) mass is 215 g/mol. The van der Waals surface area contributed by atoms with Gasteiger partial charge in [0.05, 0.1) is 6.20 Å². The van der Waals surface area contributed by atoms with Crippen LogP contribution in [0.3, 0.4) is 0 Å². The van der Waals surface area contributed by atoms with Crippen molar-refractivity contribution in [2.45, 2.75) is 18.7 Å². The maximum absolute atomic E-state index is 11.4. The number of rotatable bonds is 4. The highest BCUT2D eigenvalue weighted by atomic mass is 35.5. The van der Waals surface area contributed by atoms with E-state index in [9.17, 15) is 4.79 Å². The number of halogens is 1. The molecule has 0 aromatic carbocycles. The van der Waals surface area contributed by atoms with Crippen molar-refractivity contribution in [2.24, 2.45) is 7.05 Å². The average molecular weight is 216 g/mol. The Morgan fingerprint density at radius 3 is 3.00 bits per heavy atom. The van der Waals surface area contributed by atoms with Gasteiger partial charge in [-0.25, -0.2) is 0 Å². The maximum atomic E-state index is 11.4. The zero-order chi connectivity index (χ0) is 10.6. The van der Waals surface area contributed by atoms with Gasteiger partial charge in [-0.3, -0.25) is 9.48 Å². The molecular formula is C9H14ClN3O. The number of alkyl halides is 1. The highest BCUT2D eigenvalue weighted by Crippen LogP contribution is 2.19. The Labute approximate surface area is 88.2 Å². The molecule has 1 aromatic heterocycles. The second kappa shape index (κ2) is 5.00. The van der Waals surface area contributed by atoms with Gasteiger partial charge in [0.15, 0.2) is 0 Å². The molecular weight excluding hydrogens is 202 g/mol. The van der Waals surface area contributed by atoms with Crippen molar-refractivity contribution in [3.05, 3.63) is 18.0 Å². The van der Waals surface area contributed by atoms with Crippen LogP contribution >= 0.6 is 11.6 Å². The van der Waals surface area contributed by atoms with Crippen molar-refractivity contribution < 1.29 is 4.79 Å². The summed E-state index contributed by atoms with van der Waals surface area (Å²) >= 11 is 5.94. The molecule has 1 rings (SSSR count). The third-order valence-corrected chi connectivity index (χ3v) is 2.25. The van der Waals surface area contributed by atoms with Crippen LogP contribution in [-0.2, 0) is 11.8 Å². The van der Waals surface area contributed by atoms with E-state index in [2.05, 4.69) is 10.4 Å². The minimum Gasteiger partial charge on any atom is -0.355 e. The normalized spacial score (nSPS) is 12.5. The first-order valence-electron chi connectivity index (χ1n) is 4.55. The summed E-state index contributed by atoms with van der Waals surface area (Å²) in [5.74, 6) is -0.165. The van der Waals surface area contributed by atoms with Crippen molar-refractivity contribution in [3.63, 3.8) is 0 Å². The topological polar surface area (TPSA) is 46.9 Å². The van der Waals surface area contributed by atoms with Gasteiger partial charge in [0.25, 0.3) is 0 Å². The number of hydrogen-bond acceptors (Lipinski definition) is 2. The van der Waals surface area contributed by atoms with E-state index in [4.69, 9.17) is 11.6 Å². The van der Waals surface area contributed by atoms with Gasteiger partial charge < -0.3 is 5.32 Å². The van der Waals surface area contributed by atoms with Crippen molar-refractivity contribution in [3.8, 4) is 0 Å². The lowest BCUT2D eigenvalue weighted by Crippen LogP contribution is -2.27. The van der Waals surface area contributed by atoms with E-state index in [0.717, 1.165) is 12.0 Å². The maximum Gasteiger partial charge on any atom is 0.242 e. The fraction of sp³-hybridized carbons (Fsp3) is 0.556. The largest absolute Gasteiger partial charge is 0.355 e. The SMILES string of the molecule is CCCNC(=O)C(Cl)c1cnn(C)c1. The first kappa shape index (κ1) is 11.0. The first-order valence-corrected chi connectivity index (χ1v) is 4.99. The molecule has 0 spiro atoms. The summed E-state index contributed by atoms with van der Waals surface area (Å²) in [5.41, 5.74) is 0.725. The zero-order valence-electron chi connectivity index (χ0n) is 8.33. The van der Waals surface area contributed by atoms with E-state index in [1.807, 2.05) is 6.92 Å². The van der Waals surface area contributed by atoms with Crippen molar-refractivity contribution in [1.82, 2.24) is 15.1 Å². The van der Waals surface area contributed by atoms with E-state index >= 15 is 0 Å². The van der Waals surface area contributed by atoms with Crippen LogP contribution in [0.4, 0.5) is 0 Å². The number of amides is 1. The predicted molar refractivity (Wildman–Crippen MR) is 55.1 cm³/mol. The van der Waals surface area contributed by atoms with Crippen LogP contribution in [0.1, 0.15) is 24.3 Å². The molecule has 4 nitrogen and oxygen atoms in total. The van der Waals surface area contributed by atoms with Crippen LogP contribution in [-0.4, -0.2) is 22.2 Å². The molecule has 1 amide bonds. The van der Waals surface area contributed by atoms with Crippen LogP contribution in [0.15, 0.2) is 12.4 Å². The third-order valence-electron chi connectivity index (χ3n) is 1.80. The summed E-state index contributed by atoms with van der Waals surface area (Å²) in [6.07, 6.45) is 4.24. The molecule has 0 fully saturated rings. The highest BCUT2D eigenvalue weighted by Gasteiger charge is 2.17. The van der Waals surface area contributed by atoms with Crippen LogP contribution in [0.2, 0.25) is 0 Å². The number of nitrogens with one attached hydrogen (secondary N) is 1. The Balaban J connectivity index is 2.56. The van der Waals surface area contributed by atoms with Gasteiger partial charge in [-0.2, -0.15) is 5.10 Å². The Hall–Kier alpha value is -1.03. The molecule has 0 aliphatic rings. The molecule has 0 bridgehead atoms. The lowest BCUT2D eigenvalue weighted by Gasteiger charge is -2.07. The van der Waals surface area contributed by atoms with Crippen LogP contribution in [0.25, 0.3) is 0 Å². The van der Waals surface area contributed by atoms with Gasteiger partial charge in [-0.1, -0.05) is 6.92 Å². The molecule has 1 atom stereocenters. The molecule has 1 unspecified atom stereocenters. The summed E-state index contributed by atoms with van der Waals surface area (Å²) in [5, 5.41) is 6.04. The minimum absolute atomic E-state index is 0.165. The van der Waals surface area contributed by atoms with E-state index in [0.29, 0.717) is 6.54 Å². The molecule has 0 saturated carbocycles. The number of aryl methyl sites for hydroxylation is 1. The van der Waals surface area contributed by atoms with Gasteiger partial charge in [-0.05, 0) is 6.42 Å². The molecule has 0 saturated heterocycles. The first-order chi connectivity index (χ1) is 6.65. The van der Waals surface area contributed by atoms with E-state index in [1.165, 1.54) is 0 Å². The fourth-order valence-corrected chi connectivity index (χ4v) is 1.25. The van der Waals surface area contributed by atoms with Crippen LogP contribution in [0.5, 0.6) is 0 Å². The lowest BCUT2D eigenvalue weighted by atomic mass is 10.2. The average Bonchev–Trinajstić information content (AvgIpc) is 2.60. The Bertz CT molecular complexity index is 311. The smallest absolute Gasteiger partial charge is 0.242 e. The van der Waals surface area contributed by atoms with E-state index in [-0.39, 0.29) is 5.91 Å². The van der Waals surface area contributed by atoms with Crippen molar-refractivity contribution in [1.29, 1.82) is 0 Å².